The van der Waals surface area contributed by atoms with Gasteiger partial charge in [0.05, 0.1) is 30.6 Å². The lowest BCUT2D eigenvalue weighted by Crippen LogP contribution is -2.62. The summed E-state index contributed by atoms with van der Waals surface area (Å²) in [4.78, 5) is 43.0. The highest BCUT2D eigenvalue weighted by Gasteiger charge is 2.77. The average molecular weight is 515 g/mol. The Balaban J connectivity index is 2.19. The van der Waals surface area contributed by atoms with Gasteiger partial charge in [0, 0.05) is 16.9 Å². The molecule has 3 heterocycles. The zero-order chi connectivity index (χ0) is 24.2. The minimum atomic E-state index is -1.25. The Morgan fingerprint density at radius 3 is 2.53 bits per heavy atom. The number of rotatable bonds is 8. The molecule has 1 spiro atoms. The first-order valence-corrected chi connectivity index (χ1v) is 12.2. The molecule has 32 heavy (non-hydrogen) atoms. The molecule has 0 aromatic rings. The first-order valence-electron chi connectivity index (χ1n) is 11.3. The van der Waals surface area contributed by atoms with Crippen LogP contribution < -0.4 is 0 Å². The fourth-order valence-corrected chi connectivity index (χ4v) is 6.71. The minimum Gasteiger partial charge on any atom is -0.481 e. The van der Waals surface area contributed by atoms with Crippen LogP contribution in [0.2, 0.25) is 0 Å². The molecule has 0 saturated carbocycles. The van der Waals surface area contributed by atoms with E-state index in [-0.39, 0.29) is 29.8 Å². The summed E-state index contributed by atoms with van der Waals surface area (Å²) in [5.74, 6) is -3.91. The number of hydrogen-bond donors (Lipinski definition) is 2. The lowest BCUT2D eigenvalue weighted by Gasteiger charge is -2.44. The van der Waals surface area contributed by atoms with E-state index in [1.165, 1.54) is 4.90 Å². The quantitative estimate of drug-likeness (QED) is 0.379. The summed E-state index contributed by atoms with van der Waals surface area (Å²) >= 11 is 3.55. The molecule has 2 N–H and O–H groups in total. The summed E-state index contributed by atoms with van der Waals surface area (Å²) < 4.78 is 6.31. The van der Waals surface area contributed by atoms with Crippen molar-refractivity contribution in [3.8, 4) is 0 Å². The molecular formula is C23H35BrN2O6. The van der Waals surface area contributed by atoms with Crippen LogP contribution in [-0.4, -0.2) is 85.1 Å². The maximum Gasteiger partial charge on any atom is 0.310 e. The number of carboxylic acid groups (broad SMARTS) is 1. The maximum absolute atomic E-state index is 14.1. The van der Waals surface area contributed by atoms with Gasteiger partial charge in [0.1, 0.15) is 11.6 Å². The van der Waals surface area contributed by atoms with Crippen LogP contribution in [0.5, 0.6) is 0 Å². The number of fused-ring (bicyclic) bond motifs is 1. The smallest absolute Gasteiger partial charge is 0.310 e. The first-order chi connectivity index (χ1) is 14.9. The van der Waals surface area contributed by atoms with Gasteiger partial charge in [-0.1, -0.05) is 42.3 Å². The highest BCUT2D eigenvalue weighted by molar-refractivity contribution is 9.09. The molecule has 0 aromatic carbocycles. The summed E-state index contributed by atoms with van der Waals surface area (Å²) in [7, 11) is 0. The second-order valence-electron chi connectivity index (χ2n) is 10.3. The van der Waals surface area contributed by atoms with Gasteiger partial charge in [0.25, 0.3) is 0 Å². The Morgan fingerprint density at radius 2 is 2.06 bits per heavy atom. The number of hydrogen-bond acceptors (Lipinski definition) is 5. The summed E-state index contributed by atoms with van der Waals surface area (Å²) in [6.07, 6.45) is 2.00. The topological polar surface area (TPSA) is 107 Å². The molecule has 2 amide bonds. The maximum atomic E-state index is 14.1. The van der Waals surface area contributed by atoms with Crippen molar-refractivity contribution in [3.05, 3.63) is 12.7 Å². The van der Waals surface area contributed by atoms with Crippen molar-refractivity contribution in [1.29, 1.82) is 0 Å². The Hall–Kier alpha value is -1.45. The number of ether oxygens (including phenoxy) is 1. The highest BCUT2D eigenvalue weighted by Crippen LogP contribution is 2.60. The van der Waals surface area contributed by atoms with Gasteiger partial charge in [-0.25, -0.2) is 0 Å². The fraction of sp³-hybridized carbons (Fsp3) is 0.783. The third kappa shape index (κ3) is 3.60. The van der Waals surface area contributed by atoms with Crippen LogP contribution in [-0.2, 0) is 19.1 Å². The van der Waals surface area contributed by atoms with Gasteiger partial charge in [-0.3, -0.25) is 14.4 Å². The molecular weight excluding hydrogens is 480 g/mol. The molecule has 3 saturated heterocycles. The van der Waals surface area contributed by atoms with E-state index in [4.69, 9.17) is 4.74 Å². The lowest BCUT2D eigenvalue weighted by atomic mass is 9.70. The van der Waals surface area contributed by atoms with Gasteiger partial charge in [0.15, 0.2) is 0 Å². The van der Waals surface area contributed by atoms with Crippen LogP contribution in [0.15, 0.2) is 12.7 Å². The van der Waals surface area contributed by atoms with E-state index in [0.717, 1.165) is 0 Å². The summed E-state index contributed by atoms with van der Waals surface area (Å²) in [5, 5.41) is 20.2. The molecule has 1 unspecified atom stereocenters. The zero-order valence-corrected chi connectivity index (χ0v) is 21.0. The standard InChI is InChI=1S/C23H35BrN2O6/c1-7-9-25(22(4,5)6)20(29)18-23-10-13(24)17(32-23)15(21(30)31)16(23)19(28)26(18)14(11-27)12(3)8-2/h7,12-18,27H,1,8-11H2,2-6H3,(H,30,31)/t12-,13?,14-,15-,16+,17-,18-,23+/m0/s1. The molecule has 8 nitrogen and oxygen atoms in total. The molecule has 9 heteroatoms. The number of carbonyl (C=O) groups is 3. The molecule has 0 aliphatic carbocycles. The minimum absolute atomic E-state index is 0.0859. The van der Waals surface area contributed by atoms with Crippen molar-refractivity contribution in [2.45, 2.75) is 81.6 Å². The second kappa shape index (κ2) is 8.72. The molecule has 3 aliphatic rings. The highest BCUT2D eigenvalue weighted by atomic mass is 79.9. The van der Waals surface area contributed by atoms with Gasteiger partial charge in [-0.2, -0.15) is 0 Å². The van der Waals surface area contributed by atoms with Crippen LogP contribution in [0, 0.1) is 17.8 Å². The number of aliphatic carboxylic acids is 1. The monoisotopic (exact) mass is 514 g/mol. The number of likely N-dealkylation sites (tertiary alicyclic amines) is 1. The van der Waals surface area contributed by atoms with Crippen molar-refractivity contribution < 1.29 is 29.3 Å². The van der Waals surface area contributed by atoms with Gasteiger partial charge in [-0.05, 0) is 33.1 Å². The molecule has 8 atom stereocenters. The summed E-state index contributed by atoms with van der Waals surface area (Å²) in [6.45, 7) is 13.3. The largest absolute Gasteiger partial charge is 0.481 e. The van der Waals surface area contributed by atoms with Gasteiger partial charge in [0.2, 0.25) is 11.8 Å². The van der Waals surface area contributed by atoms with E-state index in [9.17, 15) is 24.6 Å². The number of nitrogens with zero attached hydrogens (tertiary/aromatic N) is 2. The summed E-state index contributed by atoms with van der Waals surface area (Å²) in [5.41, 5.74) is -1.81. The predicted molar refractivity (Wildman–Crippen MR) is 122 cm³/mol. The van der Waals surface area contributed by atoms with Crippen molar-refractivity contribution in [3.63, 3.8) is 0 Å². The SMILES string of the molecule is C=CCN(C(=O)[C@@H]1N([C@@H](CO)[C@@H](C)CC)C(=O)[C@H]2[C@H](C(=O)O)[C@H]3O[C@@]12CC3Br)C(C)(C)C. The molecule has 3 rings (SSSR count). The number of amides is 2. The zero-order valence-electron chi connectivity index (χ0n) is 19.5. The molecule has 3 fully saturated rings. The predicted octanol–water partition coefficient (Wildman–Crippen LogP) is 2.04. The number of aliphatic hydroxyl groups is 1. The molecule has 180 valence electrons. The van der Waals surface area contributed by atoms with E-state index in [0.29, 0.717) is 12.8 Å². The van der Waals surface area contributed by atoms with Crippen molar-refractivity contribution >= 4 is 33.7 Å². The Morgan fingerprint density at radius 1 is 1.44 bits per heavy atom. The van der Waals surface area contributed by atoms with Crippen LogP contribution in [0.25, 0.3) is 0 Å². The number of carbonyl (C=O) groups excluding carboxylic acids is 2. The van der Waals surface area contributed by atoms with Crippen LogP contribution >= 0.6 is 15.9 Å². The van der Waals surface area contributed by atoms with Crippen LogP contribution in [0.4, 0.5) is 0 Å². The Bertz CT molecular complexity index is 798. The lowest BCUT2D eigenvalue weighted by molar-refractivity contribution is -0.156. The van der Waals surface area contributed by atoms with E-state index < -0.39 is 53.0 Å². The van der Waals surface area contributed by atoms with Gasteiger partial charge in [-0.15, -0.1) is 6.58 Å². The van der Waals surface area contributed by atoms with E-state index in [2.05, 4.69) is 22.5 Å². The van der Waals surface area contributed by atoms with Crippen molar-refractivity contribution in [2.75, 3.05) is 13.2 Å². The Labute approximate surface area is 198 Å². The van der Waals surface area contributed by atoms with Gasteiger partial charge < -0.3 is 24.7 Å². The second-order valence-corrected chi connectivity index (χ2v) is 11.5. The normalized spacial score (nSPS) is 35.5. The van der Waals surface area contributed by atoms with Crippen molar-refractivity contribution in [1.82, 2.24) is 9.80 Å². The molecule has 0 aromatic heterocycles. The van der Waals surface area contributed by atoms with Gasteiger partial charge >= 0.3 is 5.97 Å². The van der Waals surface area contributed by atoms with E-state index >= 15 is 0 Å². The number of halogens is 1. The van der Waals surface area contributed by atoms with E-state index in [1.54, 1.807) is 11.0 Å². The van der Waals surface area contributed by atoms with Crippen LogP contribution in [0.1, 0.15) is 47.5 Å². The molecule has 2 bridgehead atoms. The number of alkyl halides is 1. The third-order valence-electron chi connectivity index (χ3n) is 7.48. The van der Waals surface area contributed by atoms with Crippen LogP contribution in [0.3, 0.4) is 0 Å². The molecule has 3 aliphatic heterocycles. The summed E-state index contributed by atoms with van der Waals surface area (Å²) in [6, 6.07) is -1.63. The average Bonchev–Trinajstić information content (AvgIpc) is 3.29. The Kier molecular flexibility index (Phi) is 6.86. The van der Waals surface area contributed by atoms with Crippen molar-refractivity contribution in [2.24, 2.45) is 17.8 Å². The fourth-order valence-electron chi connectivity index (χ4n) is 5.77. The first kappa shape index (κ1) is 25.2. The third-order valence-corrected chi connectivity index (χ3v) is 8.32. The number of carboxylic acids is 1. The van der Waals surface area contributed by atoms with E-state index in [1.807, 2.05) is 34.6 Å². The molecule has 0 radical (unpaired) electrons. The number of aliphatic hydroxyl groups excluding tert-OH is 1.